The van der Waals surface area contributed by atoms with Crippen LogP contribution in [0.5, 0.6) is 0 Å². The van der Waals surface area contributed by atoms with Crippen LogP contribution >= 0.6 is 0 Å². The molecule has 1 aliphatic heterocycles. The van der Waals surface area contributed by atoms with Crippen LogP contribution in [-0.4, -0.2) is 42.6 Å². The van der Waals surface area contributed by atoms with E-state index in [9.17, 15) is 5.26 Å². The fourth-order valence-electron chi connectivity index (χ4n) is 2.71. The third-order valence-electron chi connectivity index (χ3n) is 3.94. The molecule has 1 aromatic heterocycles. The number of likely N-dealkylation sites (N-methyl/N-ethyl adjacent to an activating group) is 1. The number of nitriles is 1. The molecule has 2 aromatic rings. The van der Waals surface area contributed by atoms with Gasteiger partial charge in [-0.1, -0.05) is 25.1 Å². The van der Waals surface area contributed by atoms with E-state index in [2.05, 4.69) is 22.8 Å². The van der Waals surface area contributed by atoms with E-state index in [1.165, 1.54) is 0 Å². The van der Waals surface area contributed by atoms with Gasteiger partial charge >= 0.3 is 0 Å². The first-order valence-electron chi connectivity index (χ1n) is 7.09. The summed E-state index contributed by atoms with van der Waals surface area (Å²) >= 11 is 0. The van der Waals surface area contributed by atoms with Crippen molar-refractivity contribution in [3.63, 3.8) is 0 Å². The lowest BCUT2D eigenvalue weighted by Crippen LogP contribution is -2.46. The summed E-state index contributed by atoms with van der Waals surface area (Å²) in [5.41, 5.74) is 1.63. The summed E-state index contributed by atoms with van der Waals surface area (Å²) in [6.07, 6.45) is 0. The molecule has 1 fully saturated rings. The van der Waals surface area contributed by atoms with E-state index in [1.807, 2.05) is 30.3 Å². The molecule has 0 radical (unpaired) electrons. The molecule has 4 heteroatoms. The average Bonchev–Trinajstić information content (AvgIpc) is 2.53. The molecule has 1 aromatic carbocycles. The minimum absolute atomic E-state index is 0.675. The largest absolute Gasteiger partial charge is 0.353 e. The van der Waals surface area contributed by atoms with Crippen LogP contribution in [-0.2, 0) is 0 Å². The molecular formula is C16H18N4. The summed E-state index contributed by atoms with van der Waals surface area (Å²) < 4.78 is 0. The van der Waals surface area contributed by atoms with E-state index < -0.39 is 0 Å². The molecule has 1 saturated heterocycles. The van der Waals surface area contributed by atoms with E-state index in [1.54, 1.807) is 0 Å². The summed E-state index contributed by atoms with van der Waals surface area (Å²) in [7, 11) is 0. The van der Waals surface area contributed by atoms with Crippen LogP contribution in [0.25, 0.3) is 10.9 Å². The van der Waals surface area contributed by atoms with Crippen molar-refractivity contribution >= 4 is 16.7 Å². The van der Waals surface area contributed by atoms with Gasteiger partial charge in [-0.2, -0.15) is 5.26 Å². The second kappa shape index (κ2) is 5.48. The minimum atomic E-state index is 0.675. The van der Waals surface area contributed by atoms with Crippen molar-refractivity contribution < 1.29 is 0 Å². The van der Waals surface area contributed by atoms with Gasteiger partial charge < -0.3 is 9.80 Å². The number of pyridine rings is 1. The number of nitrogens with zero attached hydrogens (tertiary/aromatic N) is 4. The predicted molar refractivity (Wildman–Crippen MR) is 80.8 cm³/mol. The van der Waals surface area contributed by atoms with Crippen molar-refractivity contribution in [2.45, 2.75) is 6.92 Å². The molecule has 0 aliphatic carbocycles. The first-order chi connectivity index (χ1) is 9.81. The van der Waals surface area contributed by atoms with Gasteiger partial charge in [0.25, 0.3) is 0 Å². The van der Waals surface area contributed by atoms with Gasteiger partial charge in [0.2, 0.25) is 0 Å². The summed E-state index contributed by atoms with van der Waals surface area (Å²) in [4.78, 5) is 9.36. The number of hydrogen-bond donors (Lipinski definition) is 0. The molecule has 0 unspecified atom stereocenters. The molecule has 0 N–H and O–H groups in total. The van der Waals surface area contributed by atoms with E-state index in [4.69, 9.17) is 4.98 Å². The van der Waals surface area contributed by atoms with Crippen LogP contribution in [0.3, 0.4) is 0 Å². The number of rotatable bonds is 2. The predicted octanol–water partition coefficient (Wildman–Crippen LogP) is 2.25. The molecule has 3 rings (SSSR count). The van der Waals surface area contributed by atoms with Crippen LogP contribution in [0.4, 0.5) is 5.82 Å². The molecule has 2 heterocycles. The standard InChI is InChI=1S/C16H18N4/c1-2-19-7-9-20(10-8-19)16-14(12-17)11-13-5-3-4-6-15(13)18-16/h3-6,11H,2,7-10H2,1H3. The Bertz CT molecular complexity index is 651. The highest BCUT2D eigenvalue weighted by Gasteiger charge is 2.19. The van der Waals surface area contributed by atoms with Crippen LogP contribution in [0.1, 0.15) is 12.5 Å². The quantitative estimate of drug-likeness (QED) is 0.836. The first-order valence-corrected chi connectivity index (χ1v) is 7.09. The number of hydrogen-bond acceptors (Lipinski definition) is 4. The summed E-state index contributed by atoms with van der Waals surface area (Å²) in [6, 6.07) is 12.2. The highest BCUT2D eigenvalue weighted by Crippen LogP contribution is 2.23. The fourth-order valence-corrected chi connectivity index (χ4v) is 2.71. The Morgan fingerprint density at radius 2 is 1.95 bits per heavy atom. The summed E-state index contributed by atoms with van der Waals surface area (Å²) in [5.74, 6) is 0.835. The van der Waals surface area contributed by atoms with E-state index in [-0.39, 0.29) is 0 Å². The maximum absolute atomic E-state index is 9.38. The van der Waals surface area contributed by atoms with Gasteiger partial charge in [0.1, 0.15) is 11.9 Å². The van der Waals surface area contributed by atoms with Gasteiger partial charge in [0.05, 0.1) is 11.1 Å². The lowest BCUT2D eigenvalue weighted by Gasteiger charge is -2.35. The van der Waals surface area contributed by atoms with Crippen molar-refractivity contribution in [1.29, 1.82) is 5.26 Å². The van der Waals surface area contributed by atoms with Crippen molar-refractivity contribution in [1.82, 2.24) is 9.88 Å². The molecular weight excluding hydrogens is 248 g/mol. The number of piperazine rings is 1. The van der Waals surface area contributed by atoms with Crippen molar-refractivity contribution in [3.8, 4) is 6.07 Å². The maximum Gasteiger partial charge on any atom is 0.147 e. The van der Waals surface area contributed by atoms with Gasteiger partial charge in [0.15, 0.2) is 0 Å². The van der Waals surface area contributed by atoms with E-state index in [0.29, 0.717) is 5.56 Å². The summed E-state index contributed by atoms with van der Waals surface area (Å²) in [6.45, 7) is 7.22. The Balaban J connectivity index is 1.96. The van der Waals surface area contributed by atoms with Crippen molar-refractivity contribution in [2.75, 3.05) is 37.6 Å². The number of aromatic nitrogens is 1. The molecule has 20 heavy (non-hydrogen) atoms. The van der Waals surface area contributed by atoms with Gasteiger partial charge in [-0.25, -0.2) is 4.98 Å². The minimum Gasteiger partial charge on any atom is -0.353 e. The number of benzene rings is 1. The average molecular weight is 266 g/mol. The second-order valence-corrected chi connectivity index (χ2v) is 5.09. The Morgan fingerprint density at radius 3 is 2.65 bits per heavy atom. The van der Waals surface area contributed by atoms with Gasteiger partial charge in [-0.3, -0.25) is 0 Å². The van der Waals surface area contributed by atoms with Crippen LogP contribution in [0.15, 0.2) is 30.3 Å². The lowest BCUT2D eigenvalue weighted by atomic mass is 10.1. The van der Waals surface area contributed by atoms with E-state index in [0.717, 1.165) is 49.4 Å². The first kappa shape index (κ1) is 12.9. The molecule has 0 amide bonds. The van der Waals surface area contributed by atoms with Gasteiger partial charge in [0, 0.05) is 31.6 Å². The Kier molecular flexibility index (Phi) is 3.53. The third kappa shape index (κ3) is 2.33. The number of fused-ring (bicyclic) bond motifs is 1. The molecule has 0 atom stereocenters. The Hall–Kier alpha value is -2.12. The maximum atomic E-state index is 9.38. The molecule has 1 aliphatic rings. The van der Waals surface area contributed by atoms with Gasteiger partial charge in [-0.15, -0.1) is 0 Å². The third-order valence-corrected chi connectivity index (χ3v) is 3.94. The molecule has 4 nitrogen and oxygen atoms in total. The number of anilines is 1. The molecule has 0 bridgehead atoms. The highest BCUT2D eigenvalue weighted by molar-refractivity contribution is 5.83. The topological polar surface area (TPSA) is 43.2 Å². The normalized spacial score (nSPS) is 16.3. The van der Waals surface area contributed by atoms with E-state index >= 15 is 0 Å². The zero-order valence-electron chi connectivity index (χ0n) is 11.7. The zero-order chi connectivity index (χ0) is 13.9. The Labute approximate surface area is 119 Å². The van der Waals surface area contributed by atoms with Gasteiger partial charge in [-0.05, 0) is 18.7 Å². The van der Waals surface area contributed by atoms with Crippen LogP contribution in [0, 0.1) is 11.3 Å². The molecule has 102 valence electrons. The fraction of sp³-hybridized carbons (Fsp3) is 0.375. The van der Waals surface area contributed by atoms with Crippen LogP contribution < -0.4 is 4.90 Å². The summed E-state index contributed by atoms with van der Waals surface area (Å²) in [5, 5.41) is 10.4. The SMILES string of the molecule is CCN1CCN(c2nc3ccccc3cc2C#N)CC1. The monoisotopic (exact) mass is 266 g/mol. The van der Waals surface area contributed by atoms with Crippen LogP contribution in [0.2, 0.25) is 0 Å². The zero-order valence-corrected chi connectivity index (χ0v) is 11.7. The second-order valence-electron chi connectivity index (χ2n) is 5.09. The highest BCUT2D eigenvalue weighted by atomic mass is 15.3. The number of para-hydroxylation sites is 1. The van der Waals surface area contributed by atoms with Crippen molar-refractivity contribution in [2.24, 2.45) is 0 Å². The lowest BCUT2D eigenvalue weighted by molar-refractivity contribution is 0.270. The van der Waals surface area contributed by atoms with Crippen molar-refractivity contribution in [3.05, 3.63) is 35.9 Å². The Morgan fingerprint density at radius 1 is 1.20 bits per heavy atom. The molecule has 0 spiro atoms. The molecule has 0 saturated carbocycles. The smallest absolute Gasteiger partial charge is 0.147 e.